The zero-order valence-corrected chi connectivity index (χ0v) is 9.67. The van der Waals surface area contributed by atoms with Crippen LogP contribution >= 0.6 is 0 Å². The fourth-order valence-corrected chi connectivity index (χ4v) is 1.57. The van der Waals surface area contributed by atoms with Gasteiger partial charge < -0.3 is 10.4 Å². The Kier molecular flexibility index (Phi) is 3.67. The van der Waals surface area contributed by atoms with Gasteiger partial charge in [-0.2, -0.15) is 0 Å². The van der Waals surface area contributed by atoms with Crippen LogP contribution in [0.1, 0.15) is 17.2 Å². The third kappa shape index (κ3) is 3.26. The number of nitrogens with one attached hydrogen (secondary N) is 1. The zero-order valence-electron chi connectivity index (χ0n) is 9.67. The van der Waals surface area contributed by atoms with Gasteiger partial charge in [-0.1, -0.05) is 29.8 Å². The van der Waals surface area contributed by atoms with Crippen molar-refractivity contribution >= 4 is 5.95 Å². The van der Waals surface area contributed by atoms with Crippen molar-refractivity contribution in [3.63, 3.8) is 0 Å². The number of hydrogen-bond acceptors (Lipinski definition) is 4. The SMILES string of the molecule is Cc1cccc(C(O)CNc2ncccn2)c1. The quantitative estimate of drug-likeness (QED) is 0.841. The summed E-state index contributed by atoms with van der Waals surface area (Å²) in [6.07, 6.45) is 2.77. The van der Waals surface area contributed by atoms with Crippen molar-refractivity contribution in [3.05, 3.63) is 53.9 Å². The molecule has 0 radical (unpaired) electrons. The van der Waals surface area contributed by atoms with E-state index in [0.717, 1.165) is 11.1 Å². The van der Waals surface area contributed by atoms with Gasteiger partial charge in [-0.25, -0.2) is 9.97 Å². The third-order valence-corrected chi connectivity index (χ3v) is 2.45. The summed E-state index contributed by atoms with van der Waals surface area (Å²) in [5, 5.41) is 13.0. The Labute approximate surface area is 100 Å². The van der Waals surface area contributed by atoms with Crippen LogP contribution in [0.15, 0.2) is 42.7 Å². The molecule has 2 rings (SSSR count). The summed E-state index contributed by atoms with van der Waals surface area (Å²) in [7, 11) is 0. The van der Waals surface area contributed by atoms with E-state index in [1.165, 1.54) is 0 Å². The number of anilines is 1. The summed E-state index contributed by atoms with van der Waals surface area (Å²) < 4.78 is 0. The number of aromatic nitrogens is 2. The summed E-state index contributed by atoms with van der Waals surface area (Å²) in [4.78, 5) is 8.06. The van der Waals surface area contributed by atoms with Gasteiger partial charge in [0.2, 0.25) is 5.95 Å². The number of aliphatic hydroxyl groups excluding tert-OH is 1. The maximum absolute atomic E-state index is 9.99. The van der Waals surface area contributed by atoms with Crippen LogP contribution in [0.3, 0.4) is 0 Å². The molecule has 2 N–H and O–H groups in total. The predicted octanol–water partition coefficient (Wildman–Crippen LogP) is 1.93. The average Bonchev–Trinajstić information content (AvgIpc) is 2.37. The van der Waals surface area contributed by atoms with E-state index in [4.69, 9.17) is 0 Å². The molecule has 0 aliphatic rings. The van der Waals surface area contributed by atoms with Crippen LogP contribution in [-0.2, 0) is 0 Å². The van der Waals surface area contributed by atoms with Gasteiger partial charge in [0, 0.05) is 18.9 Å². The van der Waals surface area contributed by atoms with Crippen LogP contribution in [0.5, 0.6) is 0 Å². The second kappa shape index (κ2) is 5.41. The van der Waals surface area contributed by atoms with E-state index < -0.39 is 6.10 Å². The molecule has 1 atom stereocenters. The summed E-state index contributed by atoms with van der Waals surface area (Å²) >= 11 is 0. The molecule has 4 heteroatoms. The minimum Gasteiger partial charge on any atom is -0.387 e. The maximum Gasteiger partial charge on any atom is 0.222 e. The van der Waals surface area contributed by atoms with Gasteiger partial charge in [0.05, 0.1) is 6.10 Å². The lowest BCUT2D eigenvalue weighted by atomic mass is 10.1. The summed E-state index contributed by atoms with van der Waals surface area (Å²) in [6.45, 7) is 2.40. The molecular weight excluding hydrogens is 214 g/mol. The van der Waals surface area contributed by atoms with Gasteiger partial charge in [0.25, 0.3) is 0 Å². The van der Waals surface area contributed by atoms with E-state index in [-0.39, 0.29) is 0 Å². The maximum atomic E-state index is 9.99. The molecule has 0 aliphatic carbocycles. The Hall–Kier alpha value is -1.94. The van der Waals surface area contributed by atoms with Gasteiger partial charge in [0.1, 0.15) is 0 Å². The molecule has 0 spiro atoms. The highest BCUT2D eigenvalue weighted by atomic mass is 16.3. The van der Waals surface area contributed by atoms with Gasteiger partial charge in [-0.3, -0.25) is 0 Å². The molecule has 0 bridgehead atoms. The van der Waals surface area contributed by atoms with Gasteiger partial charge in [0.15, 0.2) is 0 Å². The van der Waals surface area contributed by atoms with Crippen molar-refractivity contribution in [3.8, 4) is 0 Å². The van der Waals surface area contributed by atoms with Crippen LogP contribution in [0.2, 0.25) is 0 Å². The summed E-state index contributed by atoms with van der Waals surface area (Å²) in [5.74, 6) is 0.527. The summed E-state index contributed by atoms with van der Waals surface area (Å²) in [6, 6.07) is 9.57. The predicted molar refractivity (Wildman–Crippen MR) is 66.7 cm³/mol. The number of aliphatic hydroxyl groups is 1. The molecule has 17 heavy (non-hydrogen) atoms. The van der Waals surface area contributed by atoms with Gasteiger partial charge in [-0.15, -0.1) is 0 Å². The summed E-state index contributed by atoms with van der Waals surface area (Å²) in [5.41, 5.74) is 2.03. The average molecular weight is 229 g/mol. The molecule has 4 nitrogen and oxygen atoms in total. The van der Waals surface area contributed by atoms with Crippen LogP contribution in [-0.4, -0.2) is 21.6 Å². The minimum atomic E-state index is -0.557. The number of aryl methyl sites for hydroxylation is 1. The second-order valence-corrected chi connectivity index (χ2v) is 3.88. The molecule has 0 saturated carbocycles. The Balaban J connectivity index is 1.96. The third-order valence-electron chi connectivity index (χ3n) is 2.45. The number of benzene rings is 1. The van der Waals surface area contributed by atoms with Crippen molar-refractivity contribution in [1.82, 2.24) is 9.97 Å². The van der Waals surface area contributed by atoms with Gasteiger partial charge in [-0.05, 0) is 18.6 Å². The molecular formula is C13H15N3O. The molecule has 2 aromatic rings. The molecule has 0 fully saturated rings. The highest BCUT2D eigenvalue weighted by Crippen LogP contribution is 2.14. The number of rotatable bonds is 4. The fourth-order valence-electron chi connectivity index (χ4n) is 1.57. The molecule has 1 unspecified atom stereocenters. The Morgan fingerprint density at radius 3 is 2.71 bits per heavy atom. The van der Waals surface area contributed by atoms with Crippen molar-refractivity contribution in [1.29, 1.82) is 0 Å². The van der Waals surface area contributed by atoms with E-state index in [0.29, 0.717) is 12.5 Å². The number of hydrogen-bond donors (Lipinski definition) is 2. The van der Waals surface area contributed by atoms with E-state index in [1.807, 2.05) is 31.2 Å². The lowest BCUT2D eigenvalue weighted by Gasteiger charge is -2.12. The monoisotopic (exact) mass is 229 g/mol. The first-order chi connectivity index (χ1) is 8.25. The molecule has 0 amide bonds. The topological polar surface area (TPSA) is 58.0 Å². The lowest BCUT2D eigenvalue weighted by Crippen LogP contribution is -2.13. The molecule has 0 saturated heterocycles. The van der Waals surface area contributed by atoms with Gasteiger partial charge >= 0.3 is 0 Å². The molecule has 1 aromatic heterocycles. The first-order valence-electron chi connectivity index (χ1n) is 5.51. The minimum absolute atomic E-state index is 0.396. The molecule has 1 heterocycles. The Morgan fingerprint density at radius 2 is 2.00 bits per heavy atom. The normalized spacial score (nSPS) is 12.1. The van der Waals surface area contributed by atoms with Crippen molar-refractivity contribution < 1.29 is 5.11 Å². The molecule has 1 aromatic carbocycles. The molecule has 88 valence electrons. The first kappa shape index (κ1) is 11.5. The zero-order chi connectivity index (χ0) is 12.1. The van der Waals surface area contributed by atoms with Crippen LogP contribution in [0.25, 0.3) is 0 Å². The Morgan fingerprint density at radius 1 is 1.24 bits per heavy atom. The van der Waals surface area contributed by atoms with Crippen LogP contribution in [0.4, 0.5) is 5.95 Å². The smallest absolute Gasteiger partial charge is 0.222 e. The standard InChI is InChI=1S/C13H15N3O/c1-10-4-2-5-11(8-10)12(17)9-16-13-14-6-3-7-15-13/h2-8,12,17H,9H2,1H3,(H,14,15,16). The second-order valence-electron chi connectivity index (χ2n) is 3.88. The van der Waals surface area contributed by atoms with Crippen molar-refractivity contribution in [2.45, 2.75) is 13.0 Å². The Bertz CT molecular complexity index is 473. The number of nitrogens with zero attached hydrogens (tertiary/aromatic N) is 2. The van der Waals surface area contributed by atoms with E-state index in [2.05, 4.69) is 15.3 Å². The van der Waals surface area contributed by atoms with Crippen LogP contribution < -0.4 is 5.32 Å². The van der Waals surface area contributed by atoms with E-state index in [1.54, 1.807) is 18.5 Å². The molecule has 0 aliphatic heterocycles. The van der Waals surface area contributed by atoms with Crippen LogP contribution in [0, 0.1) is 6.92 Å². The lowest BCUT2D eigenvalue weighted by molar-refractivity contribution is 0.191. The first-order valence-corrected chi connectivity index (χ1v) is 5.51. The highest BCUT2D eigenvalue weighted by molar-refractivity contribution is 5.27. The van der Waals surface area contributed by atoms with E-state index in [9.17, 15) is 5.11 Å². The highest BCUT2D eigenvalue weighted by Gasteiger charge is 2.07. The van der Waals surface area contributed by atoms with Crippen molar-refractivity contribution in [2.24, 2.45) is 0 Å². The van der Waals surface area contributed by atoms with E-state index >= 15 is 0 Å². The van der Waals surface area contributed by atoms with Crippen molar-refractivity contribution in [2.75, 3.05) is 11.9 Å². The fraction of sp³-hybridized carbons (Fsp3) is 0.231. The largest absolute Gasteiger partial charge is 0.387 e.